The summed E-state index contributed by atoms with van der Waals surface area (Å²) in [4.78, 5) is 1.05. The molecule has 19 heavy (non-hydrogen) atoms. The first kappa shape index (κ1) is 15.9. The highest BCUT2D eigenvalue weighted by atomic mass is 19.4. The average molecular weight is 278 g/mol. The van der Waals surface area contributed by atoms with Crippen LogP contribution in [-0.2, 0) is 6.54 Å². The van der Waals surface area contributed by atoms with E-state index in [-0.39, 0.29) is 18.5 Å². The van der Waals surface area contributed by atoms with E-state index < -0.39 is 24.1 Å². The first-order valence-corrected chi connectivity index (χ1v) is 6.03. The maximum atomic E-state index is 13.5. The van der Waals surface area contributed by atoms with Gasteiger partial charge in [0.1, 0.15) is 11.9 Å². The third kappa shape index (κ3) is 4.18. The number of benzene rings is 1. The maximum absolute atomic E-state index is 13.5. The Morgan fingerprint density at radius 2 is 1.84 bits per heavy atom. The molecule has 2 unspecified atom stereocenters. The molecule has 1 rings (SSSR count). The van der Waals surface area contributed by atoms with Gasteiger partial charge in [0.2, 0.25) is 0 Å². The lowest BCUT2D eigenvalue weighted by Crippen LogP contribution is -2.54. The van der Waals surface area contributed by atoms with Gasteiger partial charge in [0.25, 0.3) is 0 Å². The van der Waals surface area contributed by atoms with Crippen molar-refractivity contribution in [2.75, 3.05) is 7.05 Å². The second-order valence-corrected chi connectivity index (χ2v) is 4.57. The van der Waals surface area contributed by atoms with Crippen molar-refractivity contribution in [3.8, 4) is 0 Å². The second-order valence-electron chi connectivity index (χ2n) is 4.57. The van der Waals surface area contributed by atoms with Crippen molar-refractivity contribution >= 4 is 0 Å². The number of rotatable bonds is 5. The lowest BCUT2D eigenvalue weighted by molar-refractivity contribution is -0.187. The fourth-order valence-corrected chi connectivity index (χ4v) is 2.04. The Morgan fingerprint density at radius 3 is 2.32 bits per heavy atom. The molecule has 0 amide bonds. The van der Waals surface area contributed by atoms with Gasteiger partial charge < -0.3 is 5.73 Å². The summed E-state index contributed by atoms with van der Waals surface area (Å²) in [5.74, 6) is -0.514. The summed E-state index contributed by atoms with van der Waals surface area (Å²) >= 11 is 0. The molecule has 0 fully saturated rings. The van der Waals surface area contributed by atoms with Crippen LogP contribution >= 0.6 is 0 Å². The van der Waals surface area contributed by atoms with Crippen molar-refractivity contribution in [1.82, 2.24) is 4.90 Å². The van der Waals surface area contributed by atoms with E-state index in [1.807, 2.05) is 0 Å². The van der Waals surface area contributed by atoms with E-state index in [4.69, 9.17) is 5.73 Å². The molecule has 0 aromatic heterocycles. The Hall–Kier alpha value is -1.14. The highest BCUT2D eigenvalue weighted by Gasteiger charge is 2.45. The number of hydrogen-bond donors (Lipinski definition) is 1. The highest BCUT2D eigenvalue weighted by Crippen LogP contribution is 2.28. The summed E-state index contributed by atoms with van der Waals surface area (Å²) in [5, 5.41) is 0. The summed E-state index contributed by atoms with van der Waals surface area (Å²) in [6, 6.07) is 2.98. The first-order chi connectivity index (χ1) is 8.77. The smallest absolute Gasteiger partial charge is 0.326 e. The Bertz CT molecular complexity index is 406. The molecular formula is C13H18F4N2. The van der Waals surface area contributed by atoms with Crippen LogP contribution in [0.25, 0.3) is 0 Å². The van der Waals surface area contributed by atoms with Gasteiger partial charge in [-0.15, -0.1) is 0 Å². The quantitative estimate of drug-likeness (QED) is 0.839. The van der Waals surface area contributed by atoms with Gasteiger partial charge in [0.15, 0.2) is 0 Å². The fourth-order valence-electron chi connectivity index (χ4n) is 2.04. The van der Waals surface area contributed by atoms with Gasteiger partial charge in [-0.2, -0.15) is 13.2 Å². The number of alkyl halides is 3. The minimum Gasteiger partial charge on any atom is -0.326 e. The molecule has 0 heterocycles. The standard InChI is InChI=1S/C13H18F4N2/c1-3-11(18)12(13(15,16)17)19(2)8-9-6-4-5-7-10(9)14/h4-7,11-12H,3,8,18H2,1-2H3. The number of hydrogen-bond acceptors (Lipinski definition) is 2. The van der Waals surface area contributed by atoms with E-state index in [9.17, 15) is 17.6 Å². The molecule has 2 nitrogen and oxygen atoms in total. The van der Waals surface area contributed by atoms with Crippen LogP contribution in [-0.4, -0.2) is 30.2 Å². The summed E-state index contributed by atoms with van der Waals surface area (Å²) in [6.07, 6.45) is -4.23. The fraction of sp³-hybridized carbons (Fsp3) is 0.538. The second kappa shape index (κ2) is 6.34. The predicted octanol–water partition coefficient (Wildman–Crippen LogP) is 2.93. The molecule has 0 aliphatic heterocycles. The lowest BCUT2D eigenvalue weighted by Gasteiger charge is -2.33. The largest absolute Gasteiger partial charge is 0.405 e. The molecule has 0 saturated heterocycles. The first-order valence-electron chi connectivity index (χ1n) is 6.03. The van der Waals surface area contributed by atoms with Gasteiger partial charge in [0, 0.05) is 18.2 Å². The van der Waals surface area contributed by atoms with Gasteiger partial charge in [-0.05, 0) is 19.5 Å². The van der Waals surface area contributed by atoms with Crippen molar-refractivity contribution in [2.24, 2.45) is 5.73 Å². The molecule has 1 aromatic rings. The summed E-state index contributed by atoms with van der Waals surface area (Å²) < 4.78 is 52.4. The van der Waals surface area contributed by atoms with Crippen LogP contribution in [0.1, 0.15) is 18.9 Å². The van der Waals surface area contributed by atoms with Crippen molar-refractivity contribution in [3.05, 3.63) is 35.6 Å². The zero-order chi connectivity index (χ0) is 14.6. The van der Waals surface area contributed by atoms with Gasteiger partial charge in [-0.3, -0.25) is 4.90 Å². The van der Waals surface area contributed by atoms with Crippen molar-refractivity contribution in [1.29, 1.82) is 0 Å². The van der Waals surface area contributed by atoms with E-state index in [0.29, 0.717) is 0 Å². The molecule has 0 aliphatic carbocycles. The molecule has 2 atom stereocenters. The average Bonchev–Trinajstić information content (AvgIpc) is 2.30. The van der Waals surface area contributed by atoms with E-state index in [1.54, 1.807) is 13.0 Å². The minimum atomic E-state index is -4.44. The van der Waals surface area contributed by atoms with E-state index in [1.165, 1.54) is 25.2 Å². The van der Waals surface area contributed by atoms with Crippen LogP contribution in [0.2, 0.25) is 0 Å². The van der Waals surface area contributed by atoms with Crippen LogP contribution in [0.4, 0.5) is 17.6 Å². The van der Waals surface area contributed by atoms with Crippen molar-refractivity contribution in [3.63, 3.8) is 0 Å². The van der Waals surface area contributed by atoms with Gasteiger partial charge in [0.05, 0.1) is 0 Å². The van der Waals surface area contributed by atoms with Crippen LogP contribution in [0.15, 0.2) is 24.3 Å². The molecule has 6 heteroatoms. The monoisotopic (exact) mass is 278 g/mol. The van der Waals surface area contributed by atoms with Crippen LogP contribution in [0.5, 0.6) is 0 Å². The third-order valence-corrected chi connectivity index (χ3v) is 3.06. The SMILES string of the molecule is CCC(N)C(N(C)Cc1ccccc1F)C(F)(F)F. The predicted molar refractivity (Wildman–Crippen MR) is 66.0 cm³/mol. The van der Waals surface area contributed by atoms with Gasteiger partial charge in [-0.1, -0.05) is 25.1 Å². The topological polar surface area (TPSA) is 29.3 Å². The number of nitrogens with zero attached hydrogens (tertiary/aromatic N) is 1. The number of nitrogens with two attached hydrogens (primary N) is 1. The Kier molecular flexibility index (Phi) is 5.31. The van der Waals surface area contributed by atoms with Crippen LogP contribution in [0, 0.1) is 5.82 Å². The molecule has 108 valence electrons. The summed E-state index contributed by atoms with van der Waals surface area (Å²) in [6.45, 7) is 1.46. The summed E-state index contributed by atoms with van der Waals surface area (Å²) in [5.41, 5.74) is 5.77. The number of likely N-dealkylation sites (N-methyl/N-ethyl adjacent to an activating group) is 1. The molecule has 0 radical (unpaired) electrons. The van der Waals surface area contributed by atoms with Crippen LogP contribution < -0.4 is 5.73 Å². The van der Waals surface area contributed by atoms with Crippen molar-refractivity contribution < 1.29 is 17.6 Å². The minimum absolute atomic E-state index is 0.134. The number of halogens is 4. The zero-order valence-electron chi connectivity index (χ0n) is 10.9. The molecule has 0 aliphatic rings. The maximum Gasteiger partial charge on any atom is 0.405 e. The Labute approximate surface area is 110 Å². The normalized spacial score (nSPS) is 15.6. The highest BCUT2D eigenvalue weighted by molar-refractivity contribution is 5.17. The summed E-state index contributed by atoms with van der Waals surface area (Å²) in [7, 11) is 1.31. The van der Waals surface area contributed by atoms with Gasteiger partial charge >= 0.3 is 6.18 Å². The lowest BCUT2D eigenvalue weighted by atomic mass is 10.0. The Balaban J connectivity index is 2.89. The van der Waals surface area contributed by atoms with E-state index in [0.717, 1.165) is 4.90 Å². The third-order valence-electron chi connectivity index (χ3n) is 3.06. The molecule has 0 saturated carbocycles. The van der Waals surface area contributed by atoms with Crippen molar-refractivity contribution in [2.45, 2.75) is 38.1 Å². The van der Waals surface area contributed by atoms with E-state index >= 15 is 0 Å². The van der Waals surface area contributed by atoms with Crippen LogP contribution in [0.3, 0.4) is 0 Å². The molecule has 0 spiro atoms. The van der Waals surface area contributed by atoms with E-state index in [2.05, 4.69) is 0 Å². The zero-order valence-corrected chi connectivity index (χ0v) is 10.9. The molecule has 0 bridgehead atoms. The van der Waals surface area contributed by atoms with Gasteiger partial charge in [-0.25, -0.2) is 4.39 Å². The molecule has 2 N–H and O–H groups in total. The molecular weight excluding hydrogens is 260 g/mol. The Morgan fingerprint density at radius 1 is 1.26 bits per heavy atom. The molecule has 1 aromatic carbocycles.